The van der Waals surface area contributed by atoms with Gasteiger partial charge in [0.05, 0.1) is 5.69 Å². The van der Waals surface area contributed by atoms with Gasteiger partial charge in [0.25, 0.3) is 0 Å². The van der Waals surface area contributed by atoms with Gasteiger partial charge in [-0.3, -0.25) is 4.79 Å². The Kier molecular flexibility index (Phi) is 4.99. The smallest absolute Gasteiger partial charge is 0.306 e. The molecular weight excluding hydrogens is 340 g/mol. The molecule has 7 heteroatoms. The van der Waals surface area contributed by atoms with Crippen LogP contribution < -0.4 is 0 Å². The molecule has 0 radical (unpaired) electrons. The Morgan fingerprint density at radius 1 is 1.28 bits per heavy atom. The molecule has 3 rings (SSSR count). The molecule has 130 valence electrons. The van der Waals surface area contributed by atoms with Crippen LogP contribution in [0.1, 0.15) is 34.6 Å². The predicted octanol–water partition coefficient (Wildman–Crippen LogP) is 3.38. The molecule has 0 saturated carbocycles. The third-order valence-electron chi connectivity index (χ3n) is 4.05. The Labute approximate surface area is 150 Å². The average molecular weight is 359 g/mol. The van der Waals surface area contributed by atoms with E-state index in [1.807, 2.05) is 31.4 Å². The molecule has 0 aromatic carbocycles. The minimum Gasteiger partial charge on any atom is -0.461 e. The lowest BCUT2D eigenvalue weighted by atomic mass is 10.1. The summed E-state index contributed by atoms with van der Waals surface area (Å²) < 4.78 is 7.12. The summed E-state index contributed by atoms with van der Waals surface area (Å²) in [5.41, 5.74) is 5.50. The van der Waals surface area contributed by atoms with E-state index in [0.29, 0.717) is 11.6 Å². The molecule has 6 nitrogen and oxygen atoms in total. The largest absolute Gasteiger partial charge is 0.461 e. The summed E-state index contributed by atoms with van der Waals surface area (Å²) in [5, 5.41) is 4.86. The van der Waals surface area contributed by atoms with Gasteiger partial charge < -0.3 is 4.74 Å². The number of rotatable bonds is 5. The maximum absolute atomic E-state index is 12.0. The van der Waals surface area contributed by atoms with Crippen LogP contribution in [-0.2, 0) is 22.6 Å². The molecule has 0 fully saturated rings. The maximum atomic E-state index is 12.0. The summed E-state index contributed by atoms with van der Waals surface area (Å²) in [6.45, 7) is 6.08. The minimum atomic E-state index is -0.259. The molecule has 0 bridgehead atoms. The van der Waals surface area contributed by atoms with Crippen LogP contribution in [0, 0.1) is 20.8 Å². The second kappa shape index (κ2) is 7.19. The molecule has 0 saturated heterocycles. The number of carbonyl (C=O) groups is 1. The molecule has 3 aromatic rings. The zero-order valence-corrected chi connectivity index (χ0v) is 15.2. The zero-order valence-electron chi connectivity index (χ0n) is 14.4. The Morgan fingerprint density at radius 3 is 2.80 bits per heavy atom. The van der Waals surface area contributed by atoms with Gasteiger partial charge in [-0.2, -0.15) is 5.10 Å². The number of carbonyl (C=O) groups excluding carboxylic acids is 1. The van der Waals surface area contributed by atoms with Crippen LogP contribution in [0.25, 0.3) is 5.65 Å². The second-order valence-electron chi connectivity index (χ2n) is 5.97. The van der Waals surface area contributed by atoms with Crippen molar-refractivity contribution in [3.8, 4) is 0 Å². The van der Waals surface area contributed by atoms with Crippen molar-refractivity contribution in [2.75, 3.05) is 0 Å². The molecule has 25 heavy (non-hydrogen) atoms. The number of hydrogen-bond donors (Lipinski definition) is 0. The van der Waals surface area contributed by atoms with E-state index in [9.17, 15) is 4.79 Å². The number of nitrogens with zero attached hydrogens (tertiary/aromatic N) is 4. The zero-order chi connectivity index (χ0) is 18.0. The molecule has 3 heterocycles. The van der Waals surface area contributed by atoms with E-state index in [-0.39, 0.29) is 19.0 Å². The van der Waals surface area contributed by atoms with E-state index in [1.54, 1.807) is 18.3 Å². The molecule has 0 aliphatic rings. The molecule has 0 amide bonds. The van der Waals surface area contributed by atoms with Crippen molar-refractivity contribution in [2.45, 2.75) is 40.2 Å². The number of hydrogen-bond acceptors (Lipinski definition) is 5. The Morgan fingerprint density at radius 2 is 2.08 bits per heavy atom. The SMILES string of the molecule is Cc1cc2nc(C)c(CCC(=O)OCc3ccc(Cl)nc3)c(C)n2n1. The third kappa shape index (κ3) is 3.96. The number of aryl methyl sites for hydroxylation is 3. The summed E-state index contributed by atoms with van der Waals surface area (Å²) in [6.07, 6.45) is 2.45. The maximum Gasteiger partial charge on any atom is 0.306 e. The fraction of sp³-hybridized carbons (Fsp3) is 0.333. The quantitative estimate of drug-likeness (QED) is 0.516. The second-order valence-corrected chi connectivity index (χ2v) is 6.35. The van der Waals surface area contributed by atoms with Gasteiger partial charge in [-0.25, -0.2) is 14.5 Å². The molecule has 3 aromatic heterocycles. The van der Waals surface area contributed by atoms with Crippen molar-refractivity contribution in [1.29, 1.82) is 0 Å². The van der Waals surface area contributed by atoms with Crippen LogP contribution in [0.15, 0.2) is 24.4 Å². The van der Waals surface area contributed by atoms with Crippen LogP contribution in [-0.4, -0.2) is 25.6 Å². The van der Waals surface area contributed by atoms with E-state index < -0.39 is 0 Å². The van der Waals surface area contributed by atoms with Crippen LogP contribution in [0.5, 0.6) is 0 Å². The lowest BCUT2D eigenvalue weighted by molar-refractivity contribution is -0.144. The van der Waals surface area contributed by atoms with Gasteiger partial charge in [0.1, 0.15) is 11.8 Å². The molecular formula is C18H19ClN4O2. The Balaban J connectivity index is 1.63. The number of pyridine rings is 1. The van der Waals surface area contributed by atoms with E-state index in [4.69, 9.17) is 16.3 Å². The summed E-state index contributed by atoms with van der Waals surface area (Å²) in [4.78, 5) is 20.6. The van der Waals surface area contributed by atoms with Crippen molar-refractivity contribution in [2.24, 2.45) is 0 Å². The van der Waals surface area contributed by atoms with Crippen LogP contribution in [0.4, 0.5) is 0 Å². The number of aromatic nitrogens is 4. The summed E-state index contributed by atoms with van der Waals surface area (Å²) in [5.74, 6) is -0.259. The van der Waals surface area contributed by atoms with E-state index in [1.165, 1.54) is 0 Å². The number of halogens is 1. The summed E-state index contributed by atoms with van der Waals surface area (Å²) in [6, 6.07) is 5.40. The standard InChI is InChI=1S/C18H19ClN4O2/c1-11-8-17-21-12(2)15(13(3)23(17)22-11)5-7-18(24)25-10-14-4-6-16(19)20-9-14/h4,6,8-9H,5,7,10H2,1-3H3. The van der Waals surface area contributed by atoms with Gasteiger partial charge in [0.2, 0.25) is 0 Å². The molecule has 0 spiro atoms. The summed E-state index contributed by atoms with van der Waals surface area (Å²) in [7, 11) is 0. The van der Waals surface area contributed by atoms with Crippen molar-refractivity contribution in [3.05, 3.63) is 57.8 Å². The van der Waals surface area contributed by atoms with Crippen LogP contribution in [0.3, 0.4) is 0 Å². The highest BCUT2D eigenvalue weighted by atomic mass is 35.5. The van der Waals surface area contributed by atoms with Gasteiger partial charge in [-0.1, -0.05) is 17.7 Å². The fourth-order valence-corrected chi connectivity index (χ4v) is 2.87. The first-order valence-corrected chi connectivity index (χ1v) is 8.40. The van der Waals surface area contributed by atoms with Gasteiger partial charge in [0.15, 0.2) is 5.65 Å². The first-order chi connectivity index (χ1) is 11.9. The van der Waals surface area contributed by atoms with E-state index in [2.05, 4.69) is 15.1 Å². The molecule has 0 atom stereocenters. The first kappa shape index (κ1) is 17.4. The normalized spacial score (nSPS) is 11.0. The van der Waals surface area contributed by atoms with Gasteiger partial charge in [-0.05, 0) is 38.8 Å². The monoisotopic (exact) mass is 358 g/mol. The third-order valence-corrected chi connectivity index (χ3v) is 4.28. The van der Waals surface area contributed by atoms with Crippen LogP contribution in [0.2, 0.25) is 5.15 Å². The van der Waals surface area contributed by atoms with Gasteiger partial charge >= 0.3 is 5.97 Å². The Hall–Kier alpha value is -2.47. The molecule has 0 aliphatic heterocycles. The van der Waals surface area contributed by atoms with Crippen molar-refractivity contribution in [1.82, 2.24) is 19.6 Å². The number of fused-ring (bicyclic) bond motifs is 1. The molecule has 0 unspecified atom stereocenters. The lowest BCUT2D eigenvalue weighted by Crippen LogP contribution is -2.10. The topological polar surface area (TPSA) is 69.4 Å². The first-order valence-electron chi connectivity index (χ1n) is 8.02. The number of esters is 1. The van der Waals surface area contributed by atoms with E-state index in [0.717, 1.165) is 33.9 Å². The van der Waals surface area contributed by atoms with Crippen molar-refractivity contribution < 1.29 is 9.53 Å². The summed E-state index contributed by atoms with van der Waals surface area (Å²) >= 11 is 5.73. The highest BCUT2D eigenvalue weighted by Crippen LogP contribution is 2.17. The average Bonchev–Trinajstić information content (AvgIpc) is 2.94. The fourth-order valence-electron chi connectivity index (χ4n) is 2.76. The number of ether oxygens (including phenoxy) is 1. The van der Waals surface area contributed by atoms with Crippen molar-refractivity contribution >= 4 is 23.2 Å². The lowest BCUT2D eigenvalue weighted by Gasteiger charge is -2.11. The highest BCUT2D eigenvalue weighted by Gasteiger charge is 2.13. The van der Waals surface area contributed by atoms with E-state index >= 15 is 0 Å². The van der Waals surface area contributed by atoms with Gasteiger partial charge in [-0.15, -0.1) is 0 Å². The van der Waals surface area contributed by atoms with Crippen molar-refractivity contribution in [3.63, 3.8) is 0 Å². The molecule has 0 N–H and O–H groups in total. The predicted molar refractivity (Wildman–Crippen MR) is 94.6 cm³/mol. The molecule has 0 aliphatic carbocycles. The Bertz CT molecular complexity index is 919. The minimum absolute atomic E-state index is 0.191. The van der Waals surface area contributed by atoms with Gasteiger partial charge in [0, 0.05) is 35.6 Å². The highest BCUT2D eigenvalue weighted by molar-refractivity contribution is 6.29. The van der Waals surface area contributed by atoms with Crippen LogP contribution >= 0.6 is 11.6 Å².